The molecule has 7 aliphatic heterocycles. The van der Waals surface area contributed by atoms with Gasteiger partial charge in [0.05, 0.1) is 41.5 Å². The molecule has 139 heavy (non-hydrogen) atoms. The second-order valence-corrected chi connectivity index (χ2v) is 35.7. The van der Waals surface area contributed by atoms with E-state index in [4.69, 9.17) is 22.4 Å². The molecule has 8 N–H and O–H groups in total. The minimum Gasteiger partial charge on any atom is -0.478 e. The quantitative estimate of drug-likeness (QED) is 0.00951. The van der Waals surface area contributed by atoms with Crippen LogP contribution in [0.3, 0.4) is 0 Å². The standard InChI is InChI=1S/C30H35N5O3S.C25H31N5O4.C14H16FN3O4.C11H16N2.C7H4FNO4.C7H14N2O.C5H3ClOS/c1-22-7-2-3-8-25(22)33-16-18-34(19-17-33)26-12-11-23(21-24(26)32-30(38)27-9-5-20-39-27)29(37)31-13-6-15-35-14-4-10-28(35)36;1-19-6-2-3-7-21(19)27-14-16-28(17-15-27)22-10-9-20(18-23(22)30(33)34)25(32)26-11-5-13-29-12-4-8-24(29)31;15-11-5-4-10(9-12(11)18(21)22)14(20)16-6-2-8-17-7-1-3-13(17)19;1-10-4-2-3-5-11(10)13-8-6-12-7-9-13;8-5-2-1-4(7(10)11)3-6(5)9(12)13;8-4-2-6-9-5-1-3-7(9)10;6-5(7)4-2-1-3-8-4/h2-3,5,7-9,11-12,20-21H,4,6,10,13-19H2,1H3,(H,31,37)(H,32,38);2-3,6-7,9-10,18H,4-5,8,11-17H2,1H3,(H,26,32);4-5,9H,1-3,6-8H2,(H,16,20);2-5,12H,6-9H2,1H3;1-3H,(H,10,11);1-6,8H2;1-3H. The molecular weight excluding hydrogens is 1850 g/mol. The molecule has 8 amide bonds. The normalized spacial score (nSPS) is 14.9. The number of nitrogens with zero attached hydrogens (tertiary/aromatic N) is 12. The van der Waals surface area contributed by atoms with Gasteiger partial charge < -0.3 is 81.5 Å². The van der Waals surface area contributed by atoms with Crippen molar-refractivity contribution in [2.24, 2.45) is 5.73 Å². The minimum absolute atomic E-state index is 0.0327. The second-order valence-electron chi connectivity index (χ2n) is 33.5. The van der Waals surface area contributed by atoms with Crippen molar-refractivity contribution in [3.05, 3.63) is 271 Å². The van der Waals surface area contributed by atoms with Crippen molar-refractivity contribution in [3.63, 3.8) is 0 Å². The van der Waals surface area contributed by atoms with Crippen LogP contribution < -0.4 is 56.8 Å². The van der Waals surface area contributed by atoms with Gasteiger partial charge in [0.2, 0.25) is 35.3 Å². The number of carboxylic acid groups (broad SMARTS) is 1. The number of carbonyl (C=O) groups excluding carboxylic acids is 9. The van der Waals surface area contributed by atoms with Crippen LogP contribution in [-0.2, 0) is 19.2 Å². The van der Waals surface area contributed by atoms with Gasteiger partial charge in [0.1, 0.15) is 5.69 Å². The van der Waals surface area contributed by atoms with Crippen LogP contribution in [0.15, 0.2) is 181 Å². The fourth-order valence-corrected chi connectivity index (χ4v) is 17.9. The van der Waals surface area contributed by atoms with Gasteiger partial charge in [-0.05, 0) is 203 Å². The number of likely N-dealkylation sites (tertiary alicyclic amines) is 4. The first-order chi connectivity index (χ1) is 67.0. The zero-order chi connectivity index (χ0) is 99.9. The summed E-state index contributed by atoms with van der Waals surface area (Å²) < 4.78 is 25.8. The summed E-state index contributed by atoms with van der Waals surface area (Å²) in [4.78, 5) is 167. The molecule has 0 atom stereocenters. The Kier molecular flexibility index (Phi) is 42.3. The van der Waals surface area contributed by atoms with Crippen LogP contribution in [0, 0.1) is 62.7 Å². The molecule has 0 aliphatic carbocycles. The number of piperazine rings is 3. The van der Waals surface area contributed by atoms with Gasteiger partial charge in [0.25, 0.3) is 34.6 Å². The van der Waals surface area contributed by atoms with Gasteiger partial charge in [-0.25, -0.2) is 4.79 Å². The van der Waals surface area contributed by atoms with E-state index in [-0.39, 0.29) is 63.1 Å². The van der Waals surface area contributed by atoms with Crippen molar-refractivity contribution >= 4 is 144 Å². The molecule has 7 saturated heterocycles. The lowest BCUT2D eigenvalue weighted by molar-refractivity contribution is -0.387. The number of para-hydroxylation sites is 3. The molecule has 0 saturated carbocycles. The van der Waals surface area contributed by atoms with Gasteiger partial charge in [0, 0.05) is 228 Å². The number of aromatic carboxylic acids is 1. The van der Waals surface area contributed by atoms with E-state index in [1.807, 2.05) is 60.7 Å². The van der Waals surface area contributed by atoms with Crippen LogP contribution >= 0.6 is 34.3 Å². The number of nitrogens with two attached hydrogens (primary N) is 1. The first-order valence-electron chi connectivity index (χ1n) is 46.4. The summed E-state index contributed by atoms with van der Waals surface area (Å²) in [5, 5.41) is 59.2. The molecule has 2 aromatic heterocycles. The number of carboxylic acids is 1. The zero-order valence-electron chi connectivity index (χ0n) is 78.1. The Bertz CT molecular complexity index is 5710. The predicted octanol–water partition coefficient (Wildman–Crippen LogP) is 13.7. The van der Waals surface area contributed by atoms with E-state index in [1.54, 1.807) is 41.3 Å². The van der Waals surface area contributed by atoms with E-state index in [0.29, 0.717) is 136 Å². The Hall–Kier alpha value is -13.9. The Morgan fingerprint density at radius 1 is 0.403 bits per heavy atom. The minimum atomic E-state index is -1.33. The van der Waals surface area contributed by atoms with Gasteiger partial charge >= 0.3 is 17.3 Å². The number of hydrogen-bond acceptors (Lipinski definition) is 25. The fourth-order valence-electron chi connectivity index (χ4n) is 16.5. The maximum Gasteiger partial charge on any atom is 0.335 e. The number of hydrogen-bond donors (Lipinski definition) is 7. The van der Waals surface area contributed by atoms with Crippen molar-refractivity contribution in [2.75, 3.05) is 187 Å². The average Bonchev–Trinajstić information content (AvgIpc) is 1.07. The number of nitro groups is 3. The van der Waals surface area contributed by atoms with Crippen LogP contribution in [0.5, 0.6) is 0 Å². The van der Waals surface area contributed by atoms with Crippen molar-refractivity contribution in [2.45, 2.75) is 97.8 Å². The summed E-state index contributed by atoms with van der Waals surface area (Å²) >= 11 is 7.85. The fraction of sp³-hybridized carbons (Fsp3) is 0.394. The largest absolute Gasteiger partial charge is 0.478 e. The Morgan fingerprint density at radius 3 is 1.08 bits per heavy atom. The predicted molar refractivity (Wildman–Crippen MR) is 535 cm³/mol. The number of carbonyl (C=O) groups is 10. The van der Waals surface area contributed by atoms with Crippen molar-refractivity contribution < 1.29 is 76.6 Å². The maximum atomic E-state index is 13.2. The highest BCUT2D eigenvalue weighted by Gasteiger charge is 2.30. The Morgan fingerprint density at radius 2 is 0.734 bits per heavy atom. The number of anilines is 6. The van der Waals surface area contributed by atoms with E-state index < -0.39 is 49.7 Å². The topological polar surface area (TPSA) is 436 Å². The highest BCUT2D eigenvalue weighted by atomic mass is 35.5. The molecule has 9 aromatic rings. The lowest BCUT2D eigenvalue weighted by Crippen LogP contribution is -2.47. The van der Waals surface area contributed by atoms with Crippen LogP contribution in [0.2, 0.25) is 0 Å². The van der Waals surface area contributed by atoms with E-state index in [2.05, 4.69) is 128 Å². The molecule has 740 valence electrons. The molecule has 0 spiro atoms. The van der Waals surface area contributed by atoms with E-state index in [1.165, 1.54) is 68.6 Å². The number of nitrogens with one attached hydrogen (secondary N) is 5. The zero-order valence-corrected chi connectivity index (χ0v) is 80.5. The number of benzene rings is 7. The summed E-state index contributed by atoms with van der Waals surface area (Å²) in [6.45, 7) is 25.0. The average molecular weight is 1970 g/mol. The summed E-state index contributed by atoms with van der Waals surface area (Å²) in [6, 6.07) is 48.0. The van der Waals surface area contributed by atoms with Crippen molar-refractivity contribution in [1.82, 2.24) is 40.9 Å². The van der Waals surface area contributed by atoms with Crippen LogP contribution in [0.4, 0.5) is 60.0 Å². The van der Waals surface area contributed by atoms with Crippen molar-refractivity contribution in [3.8, 4) is 0 Å². The summed E-state index contributed by atoms with van der Waals surface area (Å²) in [5.74, 6) is -3.79. The number of amides is 8. The smallest absolute Gasteiger partial charge is 0.335 e. The number of halogens is 3. The summed E-state index contributed by atoms with van der Waals surface area (Å²) in [5.41, 5.74) is 14.0. The van der Waals surface area contributed by atoms with Crippen LogP contribution in [-0.4, -0.2) is 255 Å². The molecule has 9 heterocycles. The molecular formula is C99H119ClF2N18O17S2. The van der Waals surface area contributed by atoms with Gasteiger partial charge in [-0.1, -0.05) is 66.7 Å². The molecule has 7 aromatic carbocycles. The van der Waals surface area contributed by atoms with E-state index in [9.17, 15) is 87.1 Å². The van der Waals surface area contributed by atoms with Gasteiger partial charge in [0.15, 0.2) is 0 Å². The van der Waals surface area contributed by atoms with Gasteiger partial charge in [-0.2, -0.15) is 8.78 Å². The molecule has 0 unspecified atom stereocenters. The number of thiophene rings is 2. The highest BCUT2D eigenvalue weighted by Crippen LogP contribution is 2.35. The third-order valence-electron chi connectivity index (χ3n) is 23.9. The highest BCUT2D eigenvalue weighted by molar-refractivity contribution is 7.14. The Balaban J connectivity index is 0.000000179. The van der Waals surface area contributed by atoms with E-state index >= 15 is 0 Å². The lowest BCUT2D eigenvalue weighted by atomic mass is 10.1. The third kappa shape index (κ3) is 32.6. The molecule has 35 nitrogen and oxygen atoms in total. The first kappa shape index (κ1) is 107. The van der Waals surface area contributed by atoms with Crippen molar-refractivity contribution in [1.29, 1.82) is 0 Å². The van der Waals surface area contributed by atoms with E-state index in [0.717, 1.165) is 167 Å². The number of rotatable bonds is 30. The molecule has 7 aliphatic rings. The molecule has 7 fully saturated rings. The van der Waals surface area contributed by atoms with Crippen LogP contribution in [0.1, 0.15) is 155 Å². The van der Waals surface area contributed by atoms with Gasteiger partial charge in [-0.15, -0.1) is 22.7 Å². The molecule has 40 heteroatoms. The Labute approximate surface area is 818 Å². The molecule has 16 rings (SSSR count). The lowest BCUT2D eigenvalue weighted by Gasteiger charge is -2.38. The maximum absolute atomic E-state index is 13.2. The molecule has 0 bridgehead atoms. The summed E-state index contributed by atoms with van der Waals surface area (Å²) in [6.07, 6.45) is 9.14. The number of aryl methyl sites for hydroxylation is 3. The first-order valence-corrected chi connectivity index (χ1v) is 48.5. The molecule has 0 radical (unpaired) electrons. The van der Waals surface area contributed by atoms with Gasteiger partial charge in [-0.3, -0.25) is 73.5 Å². The van der Waals surface area contributed by atoms with Crippen LogP contribution in [0.25, 0.3) is 0 Å². The monoisotopic (exact) mass is 1970 g/mol. The summed E-state index contributed by atoms with van der Waals surface area (Å²) in [7, 11) is 0. The SMILES string of the molecule is Cc1ccccc1N1CCN(c2ccc(C(=O)NCCCN3CCCC3=O)cc2NC(=O)c2cccs2)CC1.Cc1ccccc1N1CCN(c2ccc(C(=O)NCCCN3CCCC3=O)cc2[N+](=O)[O-])CC1.Cc1ccccc1N1CCNCC1.NCCCN1CCCC1=O.O=C(Cl)c1cccs1.O=C(NCCCN1CCCC1=O)c1ccc(F)c([N+](=O)[O-])c1.O=C(O)c1ccc(F)c([N+](=O)[O-])c1. The second kappa shape index (κ2) is 54.9. The third-order valence-corrected chi connectivity index (χ3v) is 26.0. The number of nitro benzene ring substituents is 3.